The normalized spacial score (nSPS) is 10.5. The van der Waals surface area contributed by atoms with Crippen molar-refractivity contribution >= 4 is 23.2 Å². The van der Waals surface area contributed by atoms with E-state index in [1.807, 2.05) is 0 Å². The van der Waals surface area contributed by atoms with Crippen LogP contribution in [-0.2, 0) is 4.74 Å². The van der Waals surface area contributed by atoms with Gasteiger partial charge in [-0.25, -0.2) is 9.18 Å². The third kappa shape index (κ3) is 2.04. The lowest BCUT2D eigenvalue weighted by Crippen LogP contribution is -2.04. The lowest BCUT2D eigenvalue weighted by molar-refractivity contribution is 0.0520. The van der Waals surface area contributed by atoms with Crippen molar-refractivity contribution in [3.05, 3.63) is 35.3 Å². The largest absolute Gasteiger partial charge is 0.461 e. The molecule has 1 aromatic carbocycles. The minimum absolute atomic E-state index is 0.201. The van der Waals surface area contributed by atoms with Gasteiger partial charge in [-0.05, 0) is 25.1 Å². The van der Waals surface area contributed by atoms with E-state index in [1.165, 1.54) is 12.1 Å². The van der Waals surface area contributed by atoms with E-state index < -0.39 is 11.8 Å². The summed E-state index contributed by atoms with van der Waals surface area (Å²) < 4.78 is 18.0. The molecule has 0 fully saturated rings. The third-order valence-corrected chi connectivity index (χ3v) is 2.36. The first-order valence-corrected chi connectivity index (χ1v) is 5.10. The lowest BCUT2D eigenvalue weighted by Gasteiger charge is -1.96. The molecule has 0 amide bonds. The van der Waals surface area contributed by atoms with Crippen LogP contribution in [0, 0.1) is 5.82 Å². The summed E-state index contributed by atoms with van der Waals surface area (Å²) in [5, 5.41) is 0.504. The number of nitrogens with one attached hydrogen (secondary N) is 1. The van der Waals surface area contributed by atoms with E-state index in [0.717, 1.165) is 6.07 Å². The average Bonchev–Trinajstić information content (AvgIpc) is 2.71. The molecule has 0 aliphatic carbocycles. The second-order valence-corrected chi connectivity index (χ2v) is 3.48. The van der Waals surface area contributed by atoms with Gasteiger partial charge in [0.15, 0.2) is 6.29 Å². The fourth-order valence-corrected chi connectivity index (χ4v) is 1.65. The van der Waals surface area contributed by atoms with Gasteiger partial charge in [0.2, 0.25) is 0 Å². The predicted molar refractivity (Wildman–Crippen MR) is 59.6 cm³/mol. The standard InChI is InChI=1S/C12H10FNO3/c1-2-17-12(16)11-5-9-7(6-15)3-8(13)4-10(9)14-11/h3-6,14H,2H2,1H3. The van der Waals surface area contributed by atoms with Crippen LogP contribution >= 0.6 is 0 Å². The minimum atomic E-state index is -0.531. The highest BCUT2D eigenvalue weighted by Gasteiger charge is 2.13. The average molecular weight is 235 g/mol. The van der Waals surface area contributed by atoms with Crippen molar-refractivity contribution in [2.24, 2.45) is 0 Å². The Kier molecular flexibility index (Phi) is 2.91. The van der Waals surface area contributed by atoms with Crippen molar-refractivity contribution in [2.75, 3.05) is 6.61 Å². The molecule has 1 heterocycles. The van der Waals surface area contributed by atoms with Gasteiger partial charge in [-0.3, -0.25) is 4.79 Å². The number of fused-ring (bicyclic) bond motifs is 1. The van der Waals surface area contributed by atoms with Crippen LogP contribution in [-0.4, -0.2) is 23.8 Å². The van der Waals surface area contributed by atoms with E-state index in [9.17, 15) is 14.0 Å². The van der Waals surface area contributed by atoms with Crippen LogP contribution in [0.4, 0.5) is 4.39 Å². The second-order valence-electron chi connectivity index (χ2n) is 3.48. The summed E-state index contributed by atoms with van der Waals surface area (Å²) in [7, 11) is 0. The zero-order valence-electron chi connectivity index (χ0n) is 9.12. The Morgan fingerprint density at radius 2 is 2.24 bits per heavy atom. The molecule has 0 radical (unpaired) electrons. The first-order chi connectivity index (χ1) is 8.15. The van der Waals surface area contributed by atoms with Crippen LogP contribution in [0.15, 0.2) is 18.2 Å². The molecule has 1 aromatic heterocycles. The number of rotatable bonds is 3. The summed E-state index contributed by atoms with van der Waals surface area (Å²) in [6.45, 7) is 1.94. The van der Waals surface area contributed by atoms with Crippen molar-refractivity contribution in [1.29, 1.82) is 0 Å². The maximum Gasteiger partial charge on any atom is 0.354 e. The number of H-pyrrole nitrogens is 1. The van der Waals surface area contributed by atoms with E-state index in [0.29, 0.717) is 17.2 Å². The van der Waals surface area contributed by atoms with E-state index >= 15 is 0 Å². The molecule has 0 aliphatic heterocycles. The van der Waals surface area contributed by atoms with Gasteiger partial charge in [0, 0.05) is 16.5 Å². The van der Waals surface area contributed by atoms with Gasteiger partial charge in [0.1, 0.15) is 11.5 Å². The van der Waals surface area contributed by atoms with E-state index in [2.05, 4.69) is 4.98 Å². The molecule has 1 N–H and O–H groups in total. The fourth-order valence-electron chi connectivity index (χ4n) is 1.65. The summed E-state index contributed by atoms with van der Waals surface area (Å²) in [5.41, 5.74) is 0.803. The molecule has 88 valence electrons. The number of ether oxygens (including phenoxy) is 1. The van der Waals surface area contributed by atoms with Gasteiger partial charge >= 0.3 is 5.97 Å². The molecule has 0 saturated carbocycles. The maximum atomic E-state index is 13.1. The highest BCUT2D eigenvalue weighted by Crippen LogP contribution is 2.21. The topological polar surface area (TPSA) is 59.2 Å². The Morgan fingerprint density at radius 3 is 2.88 bits per heavy atom. The number of hydrogen-bond acceptors (Lipinski definition) is 3. The highest BCUT2D eigenvalue weighted by atomic mass is 19.1. The van der Waals surface area contributed by atoms with E-state index in [1.54, 1.807) is 6.92 Å². The molecule has 2 aromatic rings. The number of aromatic nitrogens is 1. The molecule has 0 aliphatic rings. The number of halogens is 1. The Bertz CT molecular complexity index is 589. The molecular formula is C12H10FNO3. The van der Waals surface area contributed by atoms with Crippen molar-refractivity contribution in [3.63, 3.8) is 0 Å². The Labute approximate surface area is 96.4 Å². The summed E-state index contributed by atoms with van der Waals surface area (Å²) in [6.07, 6.45) is 0.550. The molecule has 4 nitrogen and oxygen atoms in total. The summed E-state index contributed by atoms with van der Waals surface area (Å²) >= 11 is 0. The zero-order chi connectivity index (χ0) is 12.4. The van der Waals surface area contributed by atoms with Gasteiger partial charge < -0.3 is 9.72 Å². The van der Waals surface area contributed by atoms with Gasteiger partial charge in [0.05, 0.1) is 6.61 Å². The maximum absolute atomic E-state index is 13.1. The Morgan fingerprint density at radius 1 is 1.47 bits per heavy atom. The molecule has 0 atom stereocenters. The molecule has 0 saturated heterocycles. The van der Waals surface area contributed by atoms with Gasteiger partial charge in [-0.1, -0.05) is 0 Å². The molecule has 0 bridgehead atoms. The van der Waals surface area contributed by atoms with Gasteiger partial charge in [-0.2, -0.15) is 0 Å². The Hall–Kier alpha value is -2.17. The van der Waals surface area contributed by atoms with Crippen molar-refractivity contribution in [2.45, 2.75) is 6.92 Å². The lowest BCUT2D eigenvalue weighted by atomic mass is 10.1. The first-order valence-electron chi connectivity index (χ1n) is 5.10. The monoisotopic (exact) mass is 235 g/mol. The molecule has 0 unspecified atom stereocenters. The van der Waals surface area contributed by atoms with Crippen LogP contribution in [0.2, 0.25) is 0 Å². The SMILES string of the molecule is CCOC(=O)c1cc2c(C=O)cc(F)cc2[nH]1. The molecule has 0 spiro atoms. The number of carbonyl (C=O) groups is 2. The van der Waals surface area contributed by atoms with Crippen LogP contribution in [0.3, 0.4) is 0 Å². The van der Waals surface area contributed by atoms with Crippen molar-refractivity contribution in [3.8, 4) is 0 Å². The van der Waals surface area contributed by atoms with E-state index in [-0.39, 0.29) is 17.9 Å². The number of aldehydes is 1. The number of esters is 1. The van der Waals surface area contributed by atoms with Crippen molar-refractivity contribution in [1.82, 2.24) is 4.98 Å². The number of aromatic amines is 1. The minimum Gasteiger partial charge on any atom is -0.461 e. The third-order valence-electron chi connectivity index (χ3n) is 2.36. The predicted octanol–water partition coefficient (Wildman–Crippen LogP) is 2.30. The fraction of sp³-hybridized carbons (Fsp3) is 0.167. The second kappa shape index (κ2) is 4.37. The Balaban J connectivity index is 2.56. The zero-order valence-corrected chi connectivity index (χ0v) is 9.12. The molecular weight excluding hydrogens is 225 g/mol. The number of carbonyl (C=O) groups excluding carboxylic acids is 2. The summed E-state index contributed by atoms with van der Waals surface area (Å²) in [6, 6.07) is 3.83. The van der Waals surface area contributed by atoms with Crippen LogP contribution in [0.1, 0.15) is 27.8 Å². The van der Waals surface area contributed by atoms with Crippen LogP contribution in [0.25, 0.3) is 10.9 Å². The number of benzene rings is 1. The summed E-state index contributed by atoms with van der Waals surface area (Å²) in [4.78, 5) is 25.0. The molecule has 17 heavy (non-hydrogen) atoms. The smallest absolute Gasteiger partial charge is 0.354 e. The van der Waals surface area contributed by atoms with Crippen LogP contribution < -0.4 is 0 Å². The summed E-state index contributed by atoms with van der Waals surface area (Å²) in [5.74, 6) is -1.06. The molecule has 5 heteroatoms. The highest BCUT2D eigenvalue weighted by molar-refractivity contribution is 6.01. The van der Waals surface area contributed by atoms with E-state index in [4.69, 9.17) is 4.74 Å². The molecule has 2 rings (SSSR count). The van der Waals surface area contributed by atoms with Crippen molar-refractivity contribution < 1.29 is 18.7 Å². The van der Waals surface area contributed by atoms with Crippen LogP contribution in [0.5, 0.6) is 0 Å². The van der Waals surface area contributed by atoms with Gasteiger partial charge in [0.25, 0.3) is 0 Å². The van der Waals surface area contributed by atoms with Gasteiger partial charge in [-0.15, -0.1) is 0 Å². The first kappa shape index (κ1) is 11.3. The quantitative estimate of drug-likeness (QED) is 0.656. The number of hydrogen-bond donors (Lipinski definition) is 1.